The number of nitrogens with zero attached hydrogens (tertiary/aromatic N) is 1. The summed E-state index contributed by atoms with van der Waals surface area (Å²) in [5.74, 6) is 0.187. The van der Waals surface area contributed by atoms with Crippen LogP contribution in [0.2, 0.25) is 0 Å². The second kappa shape index (κ2) is 17.6. The fraction of sp³-hybridized carbons (Fsp3) is 0.0909. The van der Waals surface area contributed by atoms with Crippen LogP contribution in [0.4, 0.5) is 5.69 Å². The molecule has 0 heterocycles. The molecule has 8 rings (SSSR count). The van der Waals surface area contributed by atoms with Gasteiger partial charge in [-0.3, -0.25) is 0 Å². The third kappa shape index (κ3) is 8.19. The highest BCUT2D eigenvalue weighted by atomic mass is 15.1. The summed E-state index contributed by atoms with van der Waals surface area (Å²) in [5, 5.41) is 0. The molecule has 0 bridgehead atoms. The molecule has 1 nitrogen and oxygen atoms in total. The van der Waals surface area contributed by atoms with Gasteiger partial charge in [0.25, 0.3) is 0 Å². The van der Waals surface area contributed by atoms with E-state index in [-0.39, 0.29) is 5.92 Å². The molecule has 56 heavy (non-hydrogen) atoms. The molecular formula is C55H47N. The number of hydrogen-bond donors (Lipinski definition) is 0. The van der Waals surface area contributed by atoms with E-state index in [2.05, 4.69) is 224 Å². The van der Waals surface area contributed by atoms with Crippen molar-refractivity contribution < 1.29 is 0 Å². The van der Waals surface area contributed by atoms with Gasteiger partial charge in [0.1, 0.15) is 0 Å². The Hall–Kier alpha value is -6.70. The van der Waals surface area contributed by atoms with Crippen LogP contribution in [0, 0.1) is 5.92 Å². The third-order valence-electron chi connectivity index (χ3n) is 10.9. The minimum absolute atomic E-state index is 0.187. The molecule has 0 aromatic heterocycles. The number of rotatable bonds is 11. The zero-order valence-corrected chi connectivity index (χ0v) is 31.8. The first kappa shape index (κ1) is 36.3. The Morgan fingerprint density at radius 3 is 2.02 bits per heavy atom. The molecule has 1 heteroatoms. The Morgan fingerprint density at radius 1 is 0.625 bits per heavy atom. The van der Waals surface area contributed by atoms with Crippen molar-refractivity contribution in [1.82, 2.24) is 0 Å². The van der Waals surface area contributed by atoms with Gasteiger partial charge in [-0.15, -0.1) is 0 Å². The number of hydrogen-bond acceptors (Lipinski definition) is 1. The molecule has 5 aromatic carbocycles. The van der Waals surface area contributed by atoms with Gasteiger partial charge >= 0.3 is 0 Å². The average molecular weight is 722 g/mol. The van der Waals surface area contributed by atoms with Gasteiger partial charge in [0.05, 0.1) is 0 Å². The second-order valence-corrected chi connectivity index (χ2v) is 14.3. The molecule has 5 aromatic rings. The van der Waals surface area contributed by atoms with Crippen molar-refractivity contribution in [2.24, 2.45) is 5.92 Å². The van der Waals surface area contributed by atoms with Crippen molar-refractivity contribution in [3.8, 4) is 33.4 Å². The Labute approximate surface area is 333 Å². The van der Waals surface area contributed by atoms with Crippen LogP contribution in [0.3, 0.4) is 0 Å². The molecule has 3 aliphatic rings. The van der Waals surface area contributed by atoms with E-state index < -0.39 is 0 Å². The van der Waals surface area contributed by atoms with E-state index >= 15 is 0 Å². The predicted molar refractivity (Wildman–Crippen MR) is 241 cm³/mol. The van der Waals surface area contributed by atoms with Crippen LogP contribution < -0.4 is 4.90 Å². The van der Waals surface area contributed by atoms with E-state index in [9.17, 15) is 0 Å². The molecule has 0 N–H and O–H groups in total. The van der Waals surface area contributed by atoms with Crippen LogP contribution >= 0.6 is 0 Å². The summed E-state index contributed by atoms with van der Waals surface area (Å²) in [6.45, 7) is 4.14. The molecule has 0 spiro atoms. The van der Waals surface area contributed by atoms with Gasteiger partial charge in [0.2, 0.25) is 0 Å². The molecule has 0 fully saturated rings. The first-order valence-corrected chi connectivity index (χ1v) is 19.8. The van der Waals surface area contributed by atoms with E-state index in [0.717, 1.165) is 42.5 Å². The molecule has 0 saturated heterocycles. The third-order valence-corrected chi connectivity index (χ3v) is 10.9. The number of anilines is 1. The smallest absolute Gasteiger partial charge is 0.0452 e. The van der Waals surface area contributed by atoms with Crippen LogP contribution in [0.25, 0.3) is 39.0 Å². The summed E-state index contributed by atoms with van der Waals surface area (Å²) in [7, 11) is 0. The summed E-state index contributed by atoms with van der Waals surface area (Å²) >= 11 is 0. The maximum absolute atomic E-state index is 4.14. The summed E-state index contributed by atoms with van der Waals surface area (Å²) in [6, 6.07) is 47.8. The minimum Gasteiger partial charge on any atom is -0.320 e. The molecule has 0 saturated carbocycles. The minimum atomic E-state index is 0.187. The van der Waals surface area contributed by atoms with Crippen molar-refractivity contribution in [3.63, 3.8) is 0 Å². The van der Waals surface area contributed by atoms with Gasteiger partial charge in [0, 0.05) is 23.5 Å². The highest BCUT2D eigenvalue weighted by molar-refractivity contribution is 5.94. The quantitative estimate of drug-likeness (QED) is 0.123. The fourth-order valence-corrected chi connectivity index (χ4v) is 8.03. The maximum Gasteiger partial charge on any atom is 0.0452 e. The van der Waals surface area contributed by atoms with Gasteiger partial charge in [-0.1, -0.05) is 195 Å². The predicted octanol–water partition coefficient (Wildman–Crippen LogP) is 14.8. The molecule has 1 atom stereocenters. The first-order chi connectivity index (χ1) is 27.8. The zero-order chi connectivity index (χ0) is 37.9. The Kier molecular flexibility index (Phi) is 11.4. The van der Waals surface area contributed by atoms with E-state index in [1.54, 1.807) is 0 Å². The first-order valence-electron chi connectivity index (χ1n) is 19.8. The highest BCUT2D eigenvalue weighted by Gasteiger charge is 2.28. The van der Waals surface area contributed by atoms with Gasteiger partial charge in [0.15, 0.2) is 0 Å². The lowest BCUT2D eigenvalue weighted by Gasteiger charge is -2.34. The van der Waals surface area contributed by atoms with E-state index in [1.807, 2.05) is 6.08 Å². The Morgan fingerprint density at radius 2 is 1.32 bits per heavy atom. The normalized spacial score (nSPS) is 16.8. The summed E-state index contributed by atoms with van der Waals surface area (Å²) in [5.41, 5.74) is 16.1. The number of benzene rings is 5. The Bertz CT molecular complexity index is 2440. The molecular weight excluding hydrogens is 675 g/mol. The maximum atomic E-state index is 4.14. The van der Waals surface area contributed by atoms with Gasteiger partial charge in [-0.05, 0) is 111 Å². The van der Waals surface area contributed by atoms with Crippen LogP contribution in [-0.4, -0.2) is 0 Å². The number of allylic oxidation sites excluding steroid dienone is 17. The van der Waals surface area contributed by atoms with Crippen LogP contribution in [0.5, 0.6) is 0 Å². The Balaban J connectivity index is 1.24. The van der Waals surface area contributed by atoms with Crippen LogP contribution in [0.15, 0.2) is 248 Å². The SMILES string of the molecule is C=C/C(=C\C=C\N(C1=CC=C(C2=CC=CCC2)CC1C1=CCC=CC=C1)c1ccc(-c2cccc(-c3ccccc3)c2-c2ccccc2)cc1)c1ccccc1. The van der Waals surface area contributed by atoms with Crippen molar-refractivity contribution in [2.75, 3.05) is 4.90 Å². The lowest BCUT2D eigenvalue weighted by molar-refractivity contribution is 0.683. The van der Waals surface area contributed by atoms with Crippen LogP contribution in [0.1, 0.15) is 31.2 Å². The van der Waals surface area contributed by atoms with Crippen molar-refractivity contribution in [2.45, 2.75) is 25.7 Å². The molecule has 0 aliphatic heterocycles. The van der Waals surface area contributed by atoms with Gasteiger partial charge in [-0.25, -0.2) is 0 Å². The summed E-state index contributed by atoms with van der Waals surface area (Å²) < 4.78 is 0. The van der Waals surface area contributed by atoms with Crippen molar-refractivity contribution in [3.05, 3.63) is 253 Å². The molecule has 272 valence electrons. The lowest BCUT2D eigenvalue weighted by atomic mass is 9.80. The largest absolute Gasteiger partial charge is 0.320 e. The summed E-state index contributed by atoms with van der Waals surface area (Å²) in [4.78, 5) is 2.39. The second-order valence-electron chi connectivity index (χ2n) is 14.3. The molecule has 3 aliphatic carbocycles. The van der Waals surface area contributed by atoms with E-state index in [1.165, 1.54) is 55.8 Å². The molecule has 0 amide bonds. The van der Waals surface area contributed by atoms with Crippen LogP contribution in [-0.2, 0) is 0 Å². The van der Waals surface area contributed by atoms with E-state index in [0.29, 0.717) is 0 Å². The zero-order valence-electron chi connectivity index (χ0n) is 31.8. The summed E-state index contributed by atoms with van der Waals surface area (Å²) in [6.07, 6.45) is 35.4. The average Bonchev–Trinajstić information content (AvgIpc) is 3.57. The van der Waals surface area contributed by atoms with Crippen molar-refractivity contribution >= 4 is 11.3 Å². The molecule has 0 radical (unpaired) electrons. The topological polar surface area (TPSA) is 3.24 Å². The van der Waals surface area contributed by atoms with Gasteiger partial charge < -0.3 is 4.90 Å². The lowest BCUT2D eigenvalue weighted by Crippen LogP contribution is -2.25. The van der Waals surface area contributed by atoms with Crippen molar-refractivity contribution in [1.29, 1.82) is 0 Å². The van der Waals surface area contributed by atoms with Gasteiger partial charge in [-0.2, -0.15) is 0 Å². The monoisotopic (exact) mass is 721 g/mol. The standard InChI is InChI=1S/C55H47N/c1-2-42(43-21-11-5-12-22-43)31-20-40-56(54-39-36-49(44-23-13-6-14-24-44)41-53(54)46-27-9-3-4-10-28-46)50-37-34-47(35-38-50)52-33-19-32-51(45-25-15-7-16-26-45)55(52)48-29-17-8-18-30-48/h2-9,11-13,15-23,25-40,53H,1,10,14,24,41H2/b40-20+,42-31+. The highest BCUT2D eigenvalue weighted by Crippen LogP contribution is 2.43. The molecule has 1 unspecified atom stereocenters. The van der Waals surface area contributed by atoms with E-state index in [4.69, 9.17) is 0 Å². The fourth-order valence-electron chi connectivity index (χ4n) is 8.03.